The Balaban J connectivity index is 1.98. The quantitative estimate of drug-likeness (QED) is 0.575. The highest BCUT2D eigenvalue weighted by atomic mass is 32.1. The summed E-state index contributed by atoms with van der Waals surface area (Å²) in [6.07, 6.45) is 0. The molecule has 2 heterocycles. The van der Waals surface area contributed by atoms with Gasteiger partial charge in [0, 0.05) is 10.9 Å². The first-order chi connectivity index (χ1) is 9.31. The van der Waals surface area contributed by atoms with Crippen molar-refractivity contribution in [3.63, 3.8) is 0 Å². The Bertz CT molecular complexity index is 891. The molecule has 0 fully saturated rings. The van der Waals surface area contributed by atoms with Gasteiger partial charge in [0.1, 0.15) is 0 Å². The first kappa shape index (κ1) is 10.5. The summed E-state index contributed by atoms with van der Waals surface area (Å²) in [6, 6.07) is 14.7. The van der Waals surface area contributed by atoms with Crippen molar-refractivity contribution >= 4 is 33.0 Å². The third-order valence-electron chi connectivity index (χ3n) is 3.14. The number of anilines is 1. The van der Waals surface area contributed by atoms with E-state index in [9.17, 15) is 0 Å². The summed E-state index contributed by atoms with van der Waals surface area (Å²) in [5.74, 6) is 0.314. The summed E-state index contributed by atoms with van der Waals surface area (Å²) in [4.78, 5) is 4.99. The van der Waals surface area contributed by atoms with Crippen LogP contribution in [0, 0.1) is 0 Å². The van der Waals surface area contributed by atoms with Crippen LogP contribution >= 0.6 is 11.3 Å². The highest BCUT2D eigenvalue weighted by molar-refractivity contribution is 7.15. The maximum Gasteiger partial charge on any atom is 0.241 e. The van der Waals surface area contributed by atoms with Gasteiger partial charge in [-0.15, -0.1) is 16.4 Å². The number of hydrogen-bond acceptors (Lipinski definition) is 4. The van der Waals surface area contributed by atoms with Crippen molar-refractivity contribution in [3.8, 4) is 11.3 Å². The van der Waals surface area contributed by atoms with Crippen LogP contribution in [-0.2, 0) is 0 Å². The molecule has 0 bridgehead atoms. The Hall–Kier alpha value is -2.40. The Morgan fingerprint density at radius 2 is 1.89 bits per heavy atom. The zero-order valence-electron chi connectivity index (χ0n) is 9.95. The second-order valence-electron chi connectivity index (χ2n) is 4.35. The van der Waals surface area contributed by atoms with Crippen LogP contribution in [0.4, 0.5) is 5.95 Å². The van der Waals surface area contributed by atoms with E-state index in [4.69, 9.17) is 5.73 Å². The highest BCUT2D eigenvalue weighted by Gasteiger charge is 2.10. The lowest BCUT2D eigenvalue weighted by atomic mass is 10.1. The molecule has 0 aliphatic rings. The molecule has 0 aliphatic heterocycles. The molecule has 5 heteroatoms. The van der Waals surface area contributed by atoms with Crippen LogP contribution in [0.15, 0.2) is 47.8 Å². The highest BCUT2D eigenvalue weighted by Crippen LogP contribution is 2.28. The number of fused-ring (bicyclic) bond motifs is 2. The number of nitrogens with zero attached hydrogens (tertiary/aromatic N) is 3. The average Bonchev–Trinajstić information content (AvgIpc) is 2.97. The number of benzene rings is 2. The van der Waals surface area contributed by atoms with Gasteiger partial charge >= 0.3 is 0 Å². The van der Waals surface area contributed by atoms with E-state index in [0.717, 1.165) is 16.2 Å². The molecule has 4 rings (SSSR count). The minimum Gasteiger partial charge on any atom is -0.366 e. The van der Waals surface area contributed by atoms with Gasteiger partial charge in [0.2, 0.25) is 10.9 Å². The minimum absolute atomic E-state index is 0.314. The number of nitrogen functional groups attached to an aromatic ring is 1. The van der Waals surface area contributed by atoms with Gasteiger partial charge in [0.25, 0.3) is 0 Å². The Kier molecular flexibility index (Phi) is 2.10. The van der Waals surface area contributed by atoms with E-state index in [1.165, 1.54) is 10.8 Å². The van der Waals surface area contributed by atoms with E-state index in [1.807, 2.05) is 12.1 Å². The molecular weight excluding hydrogens is 256 g/mol. The molecule has 0 saturated heterocycles. The molecule has 0 spiro atoms. The van der Waals surface area contributed by atoms with Gasteiger partial charge in [-0.1, -0.05) is 36.4 Å². The van der Waals surface area contributed by atoms with Crippen molar-refractivity contribution in [3.05, 3.63) is 47.8 Å². The molecule has 2 N–H and O–H groups in total. The van der Waals surface area contributed by atoms with Crippen LogP contribution in [0.25, 0.3) is 27.0 Å². The van der Waals surface area contributed by atoms with Crippen molar-refractivity contribution < 1.29 is 0 Å². The molecule has 0 saturated carbocycles. The Morgan fingerprint density at radius 1 is 1.05 bits per heavy atom. The lowest BCUT2D eigenvalue weighted by molar-refractivity contribution is 0.993. The number of rotatable bonds is 1. The first-order valence-corrected chi connectivity index (χ1v) is 6.78. The van der Waals surface area contributed by atoms with E-state index in [2.05, 4.69) is 45.8 Å². The van der Waals surface area contributed by atoms with Crippen molar-refractivity contribution in [2.24, 2.45) is 0 Å². The van der Waals surface area contributed by atoms with Crippen molar-refractivity contribution in [2.45, 2.75) is 0 Å². The zero-order valence-corrected chi connectivity index (χ0v) is 10.8. The molecule has 92 valence electrons. The summed E-state index contributed by atoms with van der Waals surface area (Å²) < 4.78 is 1.80. The third-order valence-corrected chi connectivity index (χ3v) is 3.96. The summed E-state index contributed by atoms with van der Waals surface area (Å²) in [7, 11) is 0. The number of hydrogen-bond donors (Lipinski definition) is 1. The number of nitrogens with two attached hydrogens (primary N) is 1. The molecule has 2 aromatic carbocycles. The fourth-order valence-electron chi connectivity index (χ4n) is 2.24. The molecule has 0 amide bonds. The predicted molar refractivity (Wildman–Crippen MR) is 78.2 cm³/mol. The Labute approximate surface area is 113 Å². The van der Waals surface area contributed by atoms with Crippen LogP contribution in [0.5, 0.6) is 0 Å². The maximum absolute atomic E-state index is 5.64. The monoisotopic (exact) mass is 266 g/mol. The van der Waals surface area contributed by atoms with E-state index in [0.29, 0.717) is 5.95 Å². The van der Waals surface area contributed by atoms with Gasteiger partial charge in [0.15, 0.2) is 0 Å². The minimum atomic E-state index is 0.314. The van der Waals surface area contributed by atoms with E-state index < -0.39 is 0 Å². The molecule has 19 heavy (non-hydrogen) atoms. The van der Waals surface area contributed by atoms with E-state index >= 15 is 0 Å². The Morgan fingerprint density at radius 3 is 2.79 bits per heavy atom. The zero-order chi connectivity index (χ0) is 12.8. The normalized spacial score (nSPS) is 11.4. The third kappa shape index (κ3) is 1.59. The van der Waals surface area contributed by atoms with Gasteiger partial charge in [-0.05, 0) is 16.8 Å². The van der Waals surface area contributed by atoms with Crippen molar-refractivity contribution in [2.75, 3.05) is 5.73 Å². The molecule has 2 aromatic heterocycles. The smallest absolute Gasteiger partial charge is 0.241 e. The van der Waals surface area contributed by atoms with Crippen molar-refractivity contribution in [1.29, 1.82) is 0 Å². The van der Waals surface area contributed by atoms with Crippen LogP contribution in [0.2, 0.25) is 0 Å². The molecule has 0 radical (unpaired) electrons. The van der Waals surface area contributed by atoms with Crippen LogP contribution in [0.3, 0.4) is 0 Å². The second-order valence-corrected chi connectivity index (χ2v) is 5.18. The maximum atomic E-state index is 5.64. The molecule has 4 nitrogen and oxygen atoms in total. The fourth-order valence-corrected chi connectivity index (χ4v) is 3.08. The molecular formula is C14H10N4S. The van der Waals surface area contributed by atoms with Gasteiger partial charge in [-0.25, -0.2) is 4.52 Å². The van der Waals surface area contributed by atoms with Crippen LogP contribution in [-0.4, -0.2) is 14.6 Å². The summed E-state index contributed by atoms with van der Waals surface area (Å²) >= 11 is 1.54. The fraction of sp³-hybridized carbons (Fsp3) is 0. The van der Waals surface area contributed by atoms with Gasteiger partial charge < -0.3 is 5.73 Å². The van der Waals surface area contributed by atoms with Gasteiger partial charge in [0.05, 0.1) is 5.69 Å². The van der Waals surface area contributed by atoms with Gasteiger partial charge in [-0.3, -0.25) is 0 Å². The number of thiazole rings is 1. The van der Waals surface area contributed by atoms with E-state index in [1.54, 1.807) is 15.9 Å². The topological polar surface area (TPSA) is 56.2 Å². The average molecular weight is 266 g/mol. The predicted octanol–water partition coefficient (Wildman–Crippen LogP) is 3.19. The second kappa shape index (κ2) is 3.80. The molecule has 0 atom stereocenters. The standard InChI is InChI=1S/C14H10N4S/c15-13-16-14-18(17-13)12(8-19-14)11-6-5-9-3-1-2-4-10(9)7-11/h1-8H,(H2,15,17). The van der Waals surface area contributed by atoms with Crippen molar-refractivity contribution in [1.82, 2.24) is 14.6 Å². The molecule has 4 aromatic rings. The molecule has 0 unspecified atom stereocenters. The van der Waals surface area contributed by atoms with Crippen LogP contribution in [0.1, 0.15) is 0 Å². The molecule has 0 aliphatic carbocycles. The summed E-state index contributed by atoms with van der Waals surface area (Å²) in [5.41, 5.74) is 7.78. The lowest BCUT2D eigenvalue weighted by Crippen LogP contribution is -1.91. The first-order valence-electron chi connectivity index (χ1n) is 5.90. The van der Waals surface area contributed by atoms with E-state index in [-0.39, 0.29) is 0 Å². The summed E-state index contributed by atoms with van der Waals surface area (Å²) in [5, 5.41) is 8.73. The van der Waals surface area contributed by atoms with Gasteiger partial charge in [-0.2, -0.15) is 4.98 Å². The SMILES string of the molecule is Nc1nc2scc(-c3ccc4ccccc4c3)n2n1. The number of aromatic nitrogens is 3. The summed E-state index contributed by atoms with van der Waals surface area (Å²) in [6.45, 7) is 0. The largest absolute Gasteiger partial charge is 0.366 e. The van der Waals surface area contributed by atoms with Crippen LogP contribution < -0.4 is 5.73 Å². The lowest BCUT2D eigenvalue weighted by Gasteiger charge is -2.02.